The van der Waals surface area contributed by atoms with Gasteiger partial charge in [0.25, 0.3) is 0 Å². The number of nitrogens with one attached hydrogen (secondary N) is 1. The zero-order valence-electron chi connectivity index (χ0n) is 20.0. The summed E-state index contributed by atoms with van der Waals surface area (Å²) in [5, 5.41) is 7.83. The third kappa shape index (κ3) is 5.90. The molecule has 1 N–H and O–H groups in total. The van der Waals surface area contributed by atoms with Gasteiger partial charge < -0.3 is 15.1 Å². The SMILES string of the molecule is CCNC(=NCc1ccc(CN2CCN(CC)CC2)cc1)N1CCC(c2cnn(C)c2)C1. The number of hydrogen-bond acceptors (Lipinski definition) is 4. The number of nitrogens with zero attached hydrogens (tertiary/aromatic N) is 6. The van der Waals surface area contributed by atoms with Crippen molar-refractivity contribution in [3.05, 3.63) is 53.3 Å². The fourth-order valence-electron chi connectivity index (χ4n) is 4.74. The molecule has 2 fully saturated rings. The van der Waals surface area contributed by atoms with Gasteiger partial charge in [-0.05, 0) is 36.6 Å². The second kappa shape index (κ2) is 11.0. The van der Waals surface area contributed by atoms with Gasteiger partial charge in [-0.25, -0.2) is 4.99 Å². The highest BCUT2D eigenvalue weighted by atomic mass is 15.3. The van der Waals surface area contributed by atoms with Crippen LogP contribution in [-0.2, 0) is 20.1 Å². The first-order valence-corrected chi connectivity index (χ1v) is 12.2. The van der Waals surface area contributed by atoms with Crippen LogP contribution >= 0.6 is 0 Å². The largest absolute Gasteiger partial charge is 0.357 e. The van der Waals surface area contributed by atoms with Crippen LogP contribution in [-0.4, -0.2) is 82.8 Å². The van der Waals surface area contributed by atoms with Crippen LogP contribution in [0.1, 0.15) is 42.9 Å². The Morgan fingerprint density at radius 3 is 2.41 bits per heavy atom. The van der Waals surface area contributed by atoms with Crippen LogP contribution in [0.4, 0.5) is 0 Å². The minimum absolute atomic E-state index is 0.533. The number of aliphatic imine (C=N–C) groups is 1. The Morgan fingerprint density at radius 2 is 1.75 bits per heavy atom. The summed E-state index contributed by atoms with van der Waals surface area (Å²) in [4.78, 5) is 12.4. The van der Waals surface area contributed by atoms with Gasteiger partial charge in [-0.1, -0.05) is 31.2 Å². The molecule has 0 bridgehead atoms. The highest BCUT2D eigenvalue weighted by Gasteiger charge is 2.26. The summed E-state index contributed by atoms with van der Waals surface area (Å²) in [6, 6.07) is 9.04. The molecule has 2 aliphatic heterocycles. The van der Waals surface area contributed by atoms with Crippen LogP contribution in [0.25, 0.3) is 0 Å². The van der Waals surface area contributed by atoms with Crippen molar-refractivity contribution in [3.63, 3.8) is 0 Å². The van der Waals surface area contributed by atoms with Crippen molar-refractivity contribution >= 4 is 5.96 Å². The quantitative estimate of drug-likeness (QED) is 0.533. The first kappa shape index (κ1) is 22.8. The van der Waals surface area contributed by atoms with Gasteiger partial charge in [-0.15, -0.1) is 0 Å². The van der Waals surface area contributed by atoms with Gasteiger partial charge >= 0.3 is 0 Å². The minimum Gasteiger partial charge on any atom is -0.357 e. The van der Waals surface area contributed by atoms with E-state index < -0.39 is 0 Å². The lowest BCUT2D eigenvalue weighted by molar-refractivity contribution is 0.132. The van der Waals surface area contributed by atoms with E-state index in [1.165, 1.54) is 49.4 Å². The Hall–Kier alpha value is -2.38. The maximum absolute atomic E-state index is 4.96. The highest BCUT2D eigenvalue weighted by Crippen LogP contribution is 2.26. The van der Waals surface area contributed by atoms with Crippen LogP contribution in [0, 0.1) is 0 Å². The highest BCUT2D eigenvalue weighted by molar-refractivity contribution is 5.80. The van der Waals surface area contributed by atoms with E-state index in [2.05, 4.69) is 69.4 Å². The Bertz CT molecular complexity index is 865. The van der Waals surface area contributed by atoms with Crippen molar-refractivity contribution < 1.29 is 0 Å². The molecule has 2 saturated heterocycles. The third-order valence-electron chi connectivity index (χ3n) is 6.77. The summed E-state index contributed by atoms with van der Waals surface area (Å²) in [5.41, 5.74) is 3.99. The summed E-state index contributed by atoms with van der Waals surface area (Å²) >= 11 is 0. The molecule has 0 radical (unpaired) electrons. The van der Waals surface area contributed by atoms with E-state index >= 15 is 0 Å². The van der Waals surface area contributed by atoms with Crippen LogP contribution in [0.5, 0.6) is 0 Å². The molecule has 1 atom stereocenters. The number of likely N-dealkylation sites (N-methyl/N-ethyl adjacent to an activating group) is 1. The van der Waals surface area contributed by atoms with E-state index in [-0.39, 0.29) is 0 Å². The molecule has 0 spiro atoms. The fourth-order valence-corrected chi connectivity index (χ4v) is 4.74. The Balaban J connectivity index is 1.31. The van der Waals surface area contributed by atoms with E-state index in [4.69, 9.17) is 4.99 Å². The maximum atomic E-state index is 4.96. The Labute approximate surface area is 193 Å². The standard InChI is InChI=1S/C25H39N7/c1-4-26-25(32-11-10-23(20-32)24-17-28-29(3)19-24)27-16-21-6-8-22(9-7-21)18-31-14-12-30(5-2)13-15-31/h6-9,17,19,23H,4-5,10-16,18,20H2,1-3H3,(H,26,27). The molecular formula is C25H39N7. The third-order valence-corrected chi connectivity index (χ3v) is 6.77. The van der Waals surface area contributed by atoms with Crippen molar-refractivity contribution in [1.82, 2.24) is 29.8 Å². The molecule has 2 aliphatic rings. The number of likely N-dealkylation sites (tertiary alicyclic amines) is 1. The van der Waals surface area contributed by atoms with Crippen molar-refractivity contribution in [2.24, 2.45) is 12.0 Å². The summed E-state index contributed by atoms with van der Waals surface area (Å²) in [7, 11) is 1.99. The zero-order chi connectivity index (χ0) is 22.3. The second-order valence-corrected chi connectivity index (χ2v) is 9.08. The van der Waals surface area contributed by atoms with Gasteiger partial charge in [0.15, 0.2) is 5.96 Å². The van der Waals surface area contributed by atoms with Crippen molar-refractivity contribution in [2.45, 2.75) is 39.3 Å². The molecule has 0 aliphatic carbocycles. The Morgan fingerprint density at radius 1 is 1.03 bits per heavy atom. The van der Waals surface area contributed by atoms with Crippen LogP contribution in [0.15, 0.2) is 41.7 Å². The average Bonchev–Trinajstić information content (AvgIpc) is 3.47. The summed E-state index contributed by atoms with van der Waals surface area (Å²) in [6.07, 6.45) is 5.30. The smallest absolute Gasteiger partial charge is 0.194 e. The molecule has 3 heterocycles. The molecule has 1 unspecified atom stereocenters. The van der Waals surface area contributed by atoms with Gasteiger partial charge in [0.2, 0.25) is 0 Å². The number of aryl methyl sites for hydroxylation is 1. The van der Waals surface area contributed by atoms with E-state index in [1.54, 1.807) is 0 Å². The summed E-state index contributed by atoms with van der Waals surface area (Å²) < 4.78 is 1.89. The molecule has 7 heteroatoms. The maximum Gasteiger partial charge on any atom is 0.194 e. The molecule has 1 aromatic heterocycles. The van der Waals surface area contributed by atoms with E-state index in [0.717, 1.165) is 38.6 Å². The van der Waals surface area contributed by atoms with Gasteiger partial charge in [-0.3, -0.25) is 9.58 Å². The summed E-state index contributed by atoms with van der Waals surface area (Å²) in [6.45, 7) is 15.0. The monoisotopic (exact) mass is 437 g/mol. The zero-order valence-corrected chi connectivity index (χ0v) is 20.0. The number of guanidine groups is 1. The first-order chi connectivity index (χ1) is 15.6. The molecule has 0 saturated carbocycles. The lowest BCUT2D eigenvalue weighted by atomic mass is 10.0. The molecule has 7 nitrogen and oxygen atoms in total. The van der Waals surface area contributed by atoms with Gasteiger partial charge in [0.05, 0.1) is 12.7 Å². The van der Waals surface area contributed by atoms with Crippen molar-refractivity contribution in [1.29, 1.82) is 0 Å². The lowest BCUT2D eigenvalue weighted by Crippen LogP contribution is -2.45. The van der Waals surface area contributed by atoms with Gasteiger partial charge in [0, 0.05) is 71.5 Å². The predicted octanol–water partition coefficient (Wildman–Crippen LogP) is 2.51. The van der Waals surface area contributed by atoms with Crippen LogP contribution in [0.3, 0.4) is 0 Å². The molecule has 174 valence electrons. The first-order valence-electron chi connectivity index (χ1n) is 12.2. The molecular weight excluding hydrogens is 398 g/mol. The molecule has 0 amide bonds. The number of hydrogen-bond donors (Lipinski definition) is 1. The molecule has 4 rings (SSSR count). The van der Waals surface area contributed by atoms with Crippen molar-refractivity contribution in [2.75, 3.05) is 52.4 Å². The number of rotatable bonds is 7. The van der Waals surface area contributed by atoms with E-state index in [9.17, 15) is 0 Å². The molecule has 2 aromatic rings. The summed E-state index contributed by atoms with van der Waals surface area (Å²) in [5.74, 6) is 1.56. The number of aromatic nitrogens is 2. The molecule has 1 aromatic carbocycles. The van der Waals surface area contributed by atoms with Gasteiger partial charge in [-0.2, -0.15) is 5.10 Å². The van der Waals surface area contributed by atoms with Gasteiger partial charge in [0.1, 0.15) is 0 Å². The number of piperazine rings is 1. The fraction of sp³-hybridized carbons (Fsp3) is 0.600. The lowest BCUT2D eigenvalue weighted by Gasteiger charge is -2.34. The normalized spacial score (nSPS) is 20.8. The topological polar surface area (TPSA) is 51.9 Å². The van der Waals surface area contributed by atoms with Crippen molar-refractivity contribution in [3.8, 4) is 0 Å². The minimum atomic E-state index is 0.533. The van der Waals surface area contributed by atoms with E-state index in [0.29, 0.717) is 12.5 Å². The number of benzene rings is 1. The molecule has 32 heavy (non-hydrogen) atoms. The second-order valence-electron chi connectivity index (χ2n) is 9.08. The Kier molecular flexibility index (Phi) is 7.81. The average molecular weight is 438 g/mol. The van der Waals surface area contributed by atoms with Crippen LogP contribution < -0.4 is 5.32 Å². The van der Waals surface area contributed by atoms with E-state index in [1.807, 2.05) is 17.9 Å². The predicted molar refractivity (Wildman–Crippen MR) is 131 cm³/mol. The van der Waals surface area contributed by atoms with Crippen LogP contribution in [0.2, 0.25) is 0 Å².